The molecule has 39 heavy (non-hydrogen) atoms. The molecule has 0 atom stereocenters. The van der Waals surface area contributed by atoms with Crippen LogP contribution in [0.5, 0.6) is 5.88 Å². The molecule has 0 unspecified atom stereocenters. The third kappa shape index (κ3) is 7.30. The summed E-state index contributed by atoms with van der Waals surface area (Å²) in [4.78, 5) is 17.1. The van der Waals surface area contributed by atoms with E-state index in [0.29, 0.717) is 17.4 Å². The van der Waals surface area contributed by atoms with Crippen LogP contribution < -0.4 is 5.56 Å². The Kier molecular flexibility index (Phi) is 10.9. The second-order valence-electron chi connectivity index (χ2n) is 13.3. The summed E-state index contributed by atoms with van der Waals surface area (Å²) in [5, 5.41) is 17.0. The van der Waals surface area contributed by atoms with E-state index in [4.69, 9.17) is 5.10 Å². The van der Waals surface area contributed by atoms with E-state index < -0.39 is 0 Å². The zero-order valence-electron chi connectivity index (χ0n) is 24.7. The summed E-state index contributed by atoms with van der Waals surface area (Å²) in [5.74, 6) is 1.12. The van der Waals surface area contributed by atoms with Crippen molar-refractivity contribution < 1.29 is 5.11 Å². The van der Waals surface area contributed by atoms with Crippen molar-refractivity contribution in [1.29, 1.82) is 0 Å². The maximum absolute atomic E-state index is 13.7. The number of fused-ring (bicyclic) bond motifs is 1. The van der Waals surface area contributed by atoms with Gasteiger partial charge in [-0.05, 0) is 50.4 Å². The molecule has 0 spiro atoms. The van der Waals surface area contributed by atoms with E-state index in [1.807, 2.05) is 0 Å². The number of aromatic amines is 1. The minimum Gasteiger partial charge on any atom is -0.493 e. The predicted molar refractivity (Wildman–Crippen MR) is 161 cm³/mol. The van der Waals surface area contributed by atoms with Gasteiger partial charge in [-0.1, -0.05) is 122 Å². The predicted octanol–water partition coefficient (Wildman–Crippen LogP) is 9.77. The number of nitrogens with zero attached hydrogens (tertiary/aromatic N) is 2. The molecule has 0 bridgehead atoms. The van der Waals surface area contributed by atoms with E-state index >= 15 is 0 Å². The minimum absolute atomic E-state index is 0.0659. The molecule has 2 aromatic rings. The van der Waals surface area contributed by atoms with Gasteiger partial charge in [-0.15, -0.1) is 0 Å². The Labute approximate surface area is 236 Å². The minimum atomic E-state index is -0.0659. The van der Waals surface area contributed by atoms with Gasteiger partial charge in [-0.2, -0.15) is 9.61 Å². The molecule has 5 heteroatoms. The monoisotopic (exact) mass is 537 g/mol. The molecule has 0 radical (unpaired) electrons. The highest BCUT2D eigenvalue weighted by Gasteiger charge is 2.31. The Bertz CT molecular complexity index is 1060. The van der Waals surface area contributed by atoms with Crippen LogP contribution in [0.1, 0.15) is 195 Å². The van der Waals surface area contributed by atoms with Crippen LogP contribution in [0, 0.1) is 0 Å². The van der Waals surface area contributed by atoms with Crippen molar-refractivity contribution in [3.63, 3.8) is 0 Å². The summed E-state index contributed by atoms with van der Waals surface area (Å²) in [5.41, 5.74) is 3.83. The molecule has 218 valence electrons. The lowest BCUT2D eigenvalue weighted by molar-refractivity contribution is 0.396. The molecule has 5 rings (SSSR count). The fourth-order valence-electron chi connectivity index (χ4n) is 8.11. The van der Waals surface area contributed by atoms with Crippen molar-refractivity contribution in [2.45, 2.75) is 178 Å². The second kappa shape index (κ2) is 14.7. The summed E-state index contributed by atoms with van der Waals surface area (Å²) in [7, 11) is 0. The highest BCUT2D eigenvalue weighted by molar-refractivity contribution is 5.56. The number of hydrogen-bond donors (Lipinski definition) is 2. The maximum Gasteiger partial charge on any atom is 0.258 e. The zero-order valence-corrected chi connectivity index (χ0v) is 24.7. The van der Waals surface area contributed by atoms with Crippen LogP contribution in [0.2, 0.25) is 0 Å². The second-order valence-corrected chi connectivity index (χ2v) is 13.3. The van der Waals surface area contributed by atoms with Crippen molar-refractivity contribution in [3.8, 4) is 5.88 Å². The van der Waals surface area contributed by atoms with Crippen LogP contribution in [0.25, 0.3) is 5.65 Å². The molecule has 0 amide bonds. The molecule has 0 saturated heterocycles. The molecule has 5 nitrogen and oxygen atoms in total. The van der Waals surface area contributed by atoms with Crippen LogP contribution in [0.15, 0.2) is 4.79 Å². The summed E-state index contributed by atoms with van der Waals surface area (Å²) >= 11 is 0. The maximum atomic E-state index is 13.7. The van der Waals surface area contributed by atoms with Crippen molar-refractivity contribution in [3.05, 3.63) is 27.2 Å². The SMILES string of the molecule is O=c1[nH]c2c(C3CCCCCCCC3)c(C3CCCCCCCCCC3)nn2c(O)c1C1CCCCCCC1. The number of rotatable bonds is 3. The van der Waals surface area contributed by atoms with E-state index in [-0.39, 0.29) is 17.4 Å². The van der Waals surface area contributed by atoms with E-state index in [1.165, 1.54) is 146 Å². The summed E-state index contributed by atoms with van der Waals surface area (Å²) < 4.78 is 1.79. The molecule has 3 saturated carbocycles. The Morgan fingerprint density at radius 3 is 1.33 bits per heavy atom. The molecule has 2 aromatic heterocycles. The van der Waals surface area contributed by atoms with Gasteiger partial charge in [-0.25, -0.2) is 0 Å². The van der Waals surface area contributed by atoms with Crippen molar-refractivity contribution in [2.75, 3.05) is 0 Å². The summed E-state index contributed by atoms with van der Waals surface area (Å²) in [6.07, 6.45) is 31.2. The number of H-pyrrole nitrogens is 1. The fraction of sp³-hybridized carbons (Fsp3) is 0.824. The Hall–Kier alpha value is -1.78. The van der Waals surface area contributed by atoms with Crippen LogP contribution in [0.4, 0.5) is 0 Å². The normalized spacial score (nSPS) is 23.3. The average Bonchev–Trinajstić information content (AvgIpc) is 3.31. The highest BCUT2D eigenvalue weighted by Crippen LogP contribution is 2.42. The van der Waals surface area contributed by atoms with Crippen LogP contribution >= 0.6 is 0 Å². The zero-order chi connectivity index (χ0) is 26.9. The van der Waals surface area contributed by atoms with Gasteiger partial charge >= 0.3 is 0 Å². The van der Waals surface area contributed by atoms with E-state index in [2.05, 4.69) is 4.98 Å². The Morgan fingerprint density at radius 1 is 0.538 bits per heavy atom. The van der Waals surface area contributed by atoms with Crippen molar-refractivity contribution >= 4 is 5.65 Å². The van der Waals surface area contributed by atoms with Gasteiger partial charge in [-0.3, -0.25) is 4.79 Å². The fourth-order valence-corrected chi connectivity index (χ4v) is 8.11. The third-order valence-corrected chi connectivity index (χ3v) is 10.4. The van der Waals surface area contributed by atoms with Crippen LogP contribution in [-0.4, -0.2) is 19.7 Å². The molecule has 3 aliphatic carbocycles. The molecule has 0 aromatic carbocycles. The first-order chi connectivity index (χ1) is 19.2. The number of aromatic hydroxyl groups is 1. The molecule has 2 N–H and O–H groups in total. The van der Waals surface area contributed by atoms with Crippen molar-refractivity contribution in [2.24, 2.45) is 0 Å². The van der Waals surface area contributed by atoms with Crippen molar-refractivity contribution in [1.82, 2.24) is 14.6 Å². The van der Waals surface area contributed by atoms with Gasteiger partial charge in [0.2, 0.25) is 5.88 Å². The first kappa shape index (κ1) is 28.7. The van der Waals surface area contributed by atoms with Gasteiger partial charge in [0.1, 0.15) is 5.65 Å². The van der Waals surface area contributed by atoms with E-state index in [1.54, 1.807) is 4.52 Å². The smallest absolute Gasteiger partial charge is 0.258 e. The molecule has 0 aliphatic heterocycles. The van der Waals surface area contributed by atoms with Crippen LogP contribution in [0.3, 0.4) is 0 Å². The lowest BCUT2D eigenvalue weighted by Gasteiger charge is -2.22. The van der Waals surface area contributed by atoms with Gasteiger partial charge in [0.15, 0.2) is 0 Å². The molecule has 3 aliphatic rings. The Balaban J connectivity index is 1.58. The lowest BCUT2D eigenvalue weighted by atomic mass is 9.83. The van der Waals surface area contributed by atoms with Gasteiger partial charge in [0.25, 0.3) is 5.56 Å². The highest BCUT2D eigenvalue weighted by atomic mass is 16.3. The van der Waals surface area contributed by atoms with E-state index in [0.717, 1.165) is 31.3 Å². The average molecular weight is 538 g/mol. The van der Waals surface area contributed by atoms with E-state index in [9.17, 15) is 9.90 Å². The first-order valence-electron chi connectivity index (χ1n) is 17.1. The summed E-state index contributed by atoms with van der Waals surface area (Å²) in [6, 6.07) is 0. The van der Waals surface area contributed by atoms with Gasteiger partial charge < -0.3 is 10.1 Å². The molecular weight excluding hydrogens is 482 g/mol. The molecule has 3 fully saturated rings. The number of nitrogens with one attached hydrogen (secondary N) is 1. The molecule has 2 heterocycles. The summed E-state index contributed by atoms with van der Waals surface area (Å²) in [6.45, 7) is 0. The van der Waals surface area contributed by atoms with Gasteiger partial charge in [0.05, 0.1) is 11.3 Å². The third-order valence-electron chi connectivity index (χ3n) is 10.4. The molecular formula is C34H55N3O2. The van der Waals surface area contributed by atoms with Crippen LogP contribution in [-0.2, 0) is 0 Å². The standard InChI is InChI=1S/C34H55N3O2/c38-33-30(27-22-16-12-7-13-17-23-27)34(39)37-32(35-33)29(26-20-14-8-5-6-9-15-21-26)31(36-37)28-24-18-10-3-1-2-4-11-19-25-28/h26-28,39H,1-25H2,(H,35,38). The first-order valence-corrected chi connectivity index (χ1v) is 17.1. The van der Waals surface area contributed by atoms with Gasteiger partial charge in [0, 0.05) is 11.5 Å². The largest absolute Gasteiger partial charge is 0.493 e. The lowest BCUT2D eigenvalue weighted by Crippen LogP contribution is -2.20. The number of hydrogen-bond acceptors (Lipinski definition) is 3. The quantitative estimate of drug-likeness (QED) is 0.409. The number of aromatic nitrogens is 3. The Morgan fingerprint density at radius 2 is 0.897 bits per heavy atom. The topological polar surface area (TPSA) is 70.4 Å².